The Kier molecular flexibility index (Phi) is 6.51. The molecule has 0 saturated carbocycles. The Morgan fingerprint density at radius 3 is 2.56 bits per heavy atom. The molecule has 1 aromatic carbocycles. The van der Waals surface area contributed by atoms with E-state index in [0.717, 1.165) is 24.1 Å². The van der Waals surface area contributed by atoms with Crippen molar-refractivity contribution >= 4 is 5.91 Å². The molecule has 25 heavy (non-hydrogen) atoms. The maximum atomic E-state index is 12.0. The van der Waals surface area contributed by atoms with Gasteiger partial charge in [0.15, 0.2) is 6.61 Å². The van der Waals surface area contributed by atoms with E-state index in [0.29, 0.717) is 12.3 Å². The van der Waals surface area contributed by atoms with Crippen molar-refractivity contribution in [2.45, 2.75) is 52.5 Å². The number of nitrogens with zero attached hydrogens (tertiary/aromatic N) is 2. The molecule has 1 heterocycles. The highest BCUT2D eigenvalue weighted by molar-refractivity contribution is 5.77. The molecular formula is C20H27N3O2. The molecule has 0 fully saturated rings. The molecule has 1 aromatic heterocycles. The molecule has 0 unspecified atom stereocenters. The minimum Gasteiger partial charge on any atom is -0.484 e. The fraction of sp³-hybridized carbons (Fsp3) is 0.450. The van der Waals surface area contributed by atoms with Gasteiger partial charge >= 0.3 is 0 Å². The summed E-state index contributed by atoms with van der Waals surface area (Å²) >= 11 is 0. The van der Waals surface area contributed by atoms with E-state index in [1.54, 1.807) is 6.20 Å². The second-order valence-corrected chi connectivity index (χ2v) is 7.11. The Bertz CT molecular complexity index is 691. The number of ether oxygens (including phenoxy) is 1. The van der Waals surface area contributed by atoms with Gasteiger partial charge in [-0.1, -0.05) is 46.2 Å². The van der Waals surface area contributed by atoms with E-state index in [9.17, 15) is 4.79 Å². The van der Waals surface area contributed by atoms with Crippen molar-refractivity contribution in [3.8, 4) is 5.75 Å². The van der Waals surface area contributed by atoms with Crippen molar-refractivity contribution in [3.05, 3.63) is 53.6 Å². The van der Waals surface area contributed by atoms with Crippen molar-refractivity contribution in [3.63, 3.8) is 0 Å². The summed E-state index contributed by atoms with van der Waals surface area (Å²) in [7, 11) is 0. The monoisotopic (exact) mass is 341 g/mol. The van der Waals surface area contributed by atoms with Gasteiger partial charge in [-0.2, -0.15) is 0 Å². The van der Waals surface area contributed by atoms with Crippen molar-refractivity contribution < 1.29 is 9.53 Å². The number of hydrogen-bond acceptors (Lipinski definition) is 4. The molecule has 5 heteroatoms. The van der Waals surface area contributed by atoms with E-state index >= 15 is 0 Å². The topological polar surface area (TPSA) is 64.1 Å². The van der Waals surface area contributed by atoms with Gasteiger partial charge in [0, 0.05) is 23.7 Å². The third-order valence-electron chi connectivity index (χ3n) is 3.81. The Balaban J connectivity index is 1.85. The molecule has 2 rings (SSSR count). The highest BCUT2D eigenvalue weighted by Gasteiger charge is 2.19. The summed E-state index contributed by atoms with van der Waals surface area (Å²) in [6, 6.07) is 7.88. The maximum absolute atomic E-state index is 12.0. The predicted molar refractivity (Wildman–Crippen MR) is 98.5 cm³/mol. The van der Waals surface area contributed by atoms with Crippen LogP contribution >= 0.6 is 0 Å². The van der Waals surface area contributed by atoms with Crippen LogP contribution in [0.5, 0.6) is 5.75 Å². The summed E-state index contributed by atoms with van der Waals surface area (Å²) in [4.78, 5) is 20.5. The number of hydrogen-bond donors (Lipinski definition) is 1. The van der Waals surface area contributed by atoms with E-state index in [-0.39, 0.29) is 17.9 Å². The van der Waals surface area contributed by atoms with Gasteiger partial charge in [0.05, 0.1) is 5.69 Å². The molecule has 0 aliphatic heterocycles. The summed E-state index contributed by atoms with van der Waals surface area (Å²) in [5, 5.41) is 2.87. The lowest BCUT2D eigenvalue weighted by Gasteiger charge is -2.21. The van der Waals surface area contributed by atoms with Crippen LogP contribution < -0.4 is 10.1 Å². The van der Waals surface area contributed by atoms with Crippen molar-refractivity contribution in [2.75, 3.05) is 6.61 Å². The minimum atomic E-state index is -0.165. The van der Waals surface area contributed by atoms with Crippen LogP contribution in [0.15, 0.2) is 36.8 Å². The number of carbonyl (C=O) groups excluding carboxylic acids is 1. The number of aryl methyl sites for hydroxylation is 1. The molecule has 134 valence electrons. The summed E-state index contributed by atoms with van der Waals surface area (Å²) < 4.78 is 5.54. The van der Waals surface area contributed by atoms with Crippen molar-refractivity contribution in [2.24, 2.45) is 0 Å². The zero-order chi connectivity index (χ0) is 18.3. The number of aromatic nitrogens is 2. The third kappa shape index (κ3) is 5.85. The summed E-state index contributed by atoms with van der Waals surface area (Å²) in [6.07, 6.45) is 5.46. The molecule has 5 nitrogen and oxygen atoms in total. The first-order chi connectivity index (χ1) is 11.9. The fourth-order valence-electron chi connectivity index (χ4n) is 2.60. The lowest BCUT2D eigenvalue weighted by Crippen LogP contribution is -2.30. The van der Waals surface area contributed by atoms with E-state index in [1.807, 2.05) is 24.3 Å². The van der Waals surface area contributed by atoms with Crippen LogP contribution in [0, 0.1) is 0 Å². The van der Waals surface area contributed by atoms with E-state index < -0.39 is 0 Å². The maximum Gasteiger partial charge on any atom is 0.258 e. The summed E-state index contributed by atoms with van der Waals surface area (Å²) in [5.41, 5.74) is 3.04. The minimum absolute atomic E-state index is 0.00827. The van der Waals surface area contributed by atoms with Crippen LogP contribution in [-0.4, -0.2) is 22.5 Å². The Labute approximate surface area is 149 Å². The molecule has 0 saturated heterocycles. The van der Waals surface area contributed by atoms with Gasteiger partial charge in [-0.3, -0.25) is 4.79 Å². The number of carbonyl (C=O) groups is 1. The van der Waals surface area contributed by atoms with Gasteiger partial charge < -0.3 is 10.1 Å². The lowest BCUT2D eigenvalue weighted by molar-refractivity contribution is -0.123. The fourth-order valence-corrected chi connectivity index (χ4v) is 2.60. The van der Waals surface area contributed by atoms with Crippen LogP contribution in [-0.2, 0) is 23.2 Å². The largest absolute Gasteiger partial charge is 0.484 e. The number of rotatable bonds is 7. The average Bonchev–Trinajstić information content (AvgIpc) is 2.59. The Morgan fingerprint density at radius 1 is 1.20 bits per heavy atom. The molecule has 0 radical (unpaired) electrons. The standard InChI is InChI=1S/C20H27N3O2/c1-5-6-15-7-9-17(10-8-15)25-13-18(24)22-12-16-11-21-14-23-19(16)20(2,3)4/h7-11,14H,5-6,12-13H2,1-4H3,(H,22,24). The van der Waals surface area contributed by atoms with Crippen LogP contribution in [0.4, 0.5) is 0 Å². The molecule has 1 N–H and O–H groups in total. The molecule has 0 atom stereocenters. The highest BCUT2D eigenvalue weighted by atomic mass is 16.5. The van der Waals surface area contributed by atoms with Crippen molar-refractivity contribution in [1.29, 1.82) is 0 Å². The van der Waals surface area contributed by atoms with Crippen LogP contribution in [0.2, 0.25) is 0 Å². The van der Waals surface area contributed by atoms with Gasteiger partial charge in [-0.15, -0.1) is 0 Å². The van der Waals surface area contributed by atoms with Gasteiger partial charge in [-0.25, -0.2) is 9.97 Å². The number of amides is 1. The second kappa shape index (κ2) is 8.60. The molecule has 0 aliphatic carbocycles. The average molecular weight is 341 g/mol. The summed E-state index contributed by atoms with van der Waals surface area (Å²) in [6.45, 7) is 8.80. The normalized spacial score (nSPS) is 11.2. The second-order valence-electron chi connectivity index (χ2n) is 7.11. The Morgan fingerprint density at radius 2 is 1.92 bits per heavy atom. The van der Waals surface area contributed by atoms with E-state index in [2.05, 4.69) is 43.0 Å². The first kappa shape index (κ1) is 18.9. The predicted octanol–water partition coefficient (Wildman–Crippen LogP) is 3.42. The van der Waals surface area contributed by atoms with E-state index in [4.69, 9.17) is 4.74 Å². The molecule has 0 aliphatic rings. The van der Waals surface area contributed by atoms with Crippen LogP contribution in [0.3, 0.4) is 0 Å². The lowest BCUT2D eigenvalue weighted by atomic mass is 9.89. The SMILES string of the molecule is CCCc1ccc(OCC(=O)NCc2cncnc2C(C)(C)C)cc1. The van der Waals surface area contributed by atoms with Crippen LogP contribution in [0.1, 0.15) is 50.9 Å². The zero-order valence-electron chi connectivity index (χ0n) is 15.5. The quantitative estimate of drug-likeness (QED) is 0.838. The Hall–Kier alpha value is -2.43. The molecule has 0 bridgehead atoms. The van der Waals surface area contributed by atoms with Gasteiger partial charge in [0.25, 0.3) is 5.91 Å². The molecule has 2 aromatic rings. The van der Waals surface area contributed by atoms with Gasteiger partial charge in [0.2, 0.25) is 0 Å². The number of nitrogens with one attached hydrogen (secondary N) is 1. The highest BCUT2D eigenvalue weighted by Crippen LogP contribution is 2.22. The van der Waals surface area contributed by atoms with E-state index in [1.165, 1.54) is 11.9 Å². The van der Waals surface area contributed by atoms with Crippen molar-refractivity contribution in [1.82, 2.24) is 15.3 Å². The first-order valence-corrected chi connectivity index (χ1v) is 8.68. The zero-order valence-corrected chi connectivity index (χ0v) is 15.5. The smallest absolute Gasteiger partial charge is 0.258 e. The summed E-state index contributed by atoms with van der Waals surface area (Å²) in [5.74, 6) is 0.537. The molecule has 1 amide bonds. The van der Waals surface area contributed by atoms with Gasteiger partial charge in [-0.05, 0) is 24.1 Å². The van der Waals surface area contributed by atoms with Gasteiger partial charge in [0.1, 0.15) is 12.1 Å². The molecule has 0 spiro atoms. The molecular weight excluding hydrogens is 314 g/mol. The first-order valence-electron chi connectivity index (χ1n) is 8.68. The number of benzene rings is 1. The van der Waals surface area contributed by atoms with Crippen LogP contribution in [0.25, 0.3) is 0 Å². The third-order valence-corrected chi connectivity index (χ3v) is 3.81.